The molecule has 2 aromatic carbocycles. The van der Waals surface area contributed by atoms with Crippen molar-refractivity contribution < 1.29 is 14.3 Å². The summed E-state index contributed by atoms with van der Waals surface area (Å²) in [4.78, 5) is 12.2. The molecule has 0 heterocycles. The smallest absolute Gasteiger partial charge is 0.251 e. The zero-order valence-electron chi connectivity index (χ0n) is 15.6. The molecule has 0 unspecified atom stereocenters. The van der Waals surface area contributed by atoms with Crippen molar-refractivity contribution in [3.05, 3.63) is 59.2 Å². The van der Waals surface area contributed by atoms with Gasteiger partial charge in [0.25, 0.3) is 5.91 Å². The summed E-state index contributed by atoms with van der Waals surface area (Å²) in [5, 5.41) is 2.90. The molecule has 2 aromatic rings. The van der Waals surface area contributed by atoms with E-state index < -0.39 is 0 Å². The Balaban J connectivity index is 2.22. The van der Waals surface area contributed by atoms with E-state index in [1.807, 2.05) is 44.2 Å². The number of ether oxygens (including phenoxy) is 2. The number of hydrogen-bond acceptors (Lipinski definition) is 3. The van der Waals surface area contributed by atoms with E-state index >= 15 is 0 Å². The first-order valence-corrected chi connectivity index (χ1v) is 8.61. The third-order valence-corrected chi connectivity index (χ3v) is 3.89. The number of para-hydroxylation sites is 1. The maximum Gasteiger partial charge on any atom is 0.251 e. The van der Waals surface area contributed by atoms with Gasteiger partial charge in [-0.2, -0.15) is 0 Å². The molecule has 0 bridgehead atoms. The van der Waals surface area contributed by atoms with Gasteiger partial charge < -0.3 is 14.8 Å². The van der Waals surface area contributed by atoms with E-state index in [1.165, 1.54) is 0 Å². The lowest BCUT2D eigenvalue weighted by Crippen LogP contribution is -2.30. The van der Waals surface area contributed by atoms with Crippen LogP contribution in [0.5, 0.6) is 11.5 Å². The molecule has 0 aliphatic heterocycles. The number of methoxy groups -OCH3 is 1. The molecule has 0 atom stereocenters. The molecule has 0 aliphatic rings. The lowest BCUT2D eigenvalue weighted by molar-refractivity contribution is 0.0943. The van der Waals surface area contributed by atoms with Gasteiger partial charge in [-0.05, 0) is 49.6 Å². The van der Waals surface area contributed by atoms with E-state index in [2.05, 4.69) is 25.2 Å². The summed E-state index contributed by atoms with van der Waals surface area (Å²) < 4.78 is 11.4. The van der Waals surface area contributed by atoms with E-state index in [-0.39, 0.29) is 11.9 Å². The van der Waals surface area contributed by atoms with Crippen LogP contribution in [0, 0.1) is 0 Å². The molecule has 4 nitrogen and oxygen atoms in total. The monoisotopic (exact) mass is 341 g/mol. The van der Waals surface area contributed by atoms with Crippen molar-refractivity contribution in [1.29, 1.82) is 0 Å². The van der Waals surface area contributed by atoms with Crippen molar-refractivity contribution in [2.75, 3.05) is 7.11 Å². The standard InChI is InChI=1S/C21H27NO3/c1-14(2)18-8-6-7-9-20(18)25-13-17-12-16(10-11-19(17)24-5)21(23)22-15(3)4/h6-12,14-15H,13H2,1-5H3,(H,22,23). The Bertz CT molecular complexity index is 723. The minimum Gasteiger partial charge on any atom is -0.496 e. The third kappa shape index (κ3) is 4.99. The maximum atomic E-state index is 12.2. The second kappa shape index (κ2) is 8.56. The Morgan fingerprint density at radius 1 is 1.04 bits per heavy atom. The van der Waals surface area contributed by atoms with Crippen molar-refractivity contribution in [1.82, 2.24) is 5.32 Å². The minimum absolute atomic E-state index is 0.0900. The van der Waals surface area contributed by atoms with Crippen LogP contribution < -0.4 is 14.8 Å². The van der Waals surface area contributed by atoms with Gasteiger partial charge in [0.05, 0.1) is 7.11 Å². The van der Waals surface area contributed by atoms with Crippen molar-refractivity contribution in [3.63, 3.8) is 0 Å². The van der Waals surface area contributed by atoms with Gasteiger partial charge in [0.15, 0.2) is 0 Å². The molecule has 2 rings (SSSR count). The zero-order valence-corrected chi connectivity index (χ0v) is 15.6. The number of carbonyl (C=O) groups excluding carboxylic acids is 1. The molecule has 0 fully saturated rings. The van der Waals surface area contributed by atoms with Crippen molar-refractivity contribution in [2.24, 2.45) is 0 Å². The van der Waals surface area contributed by atoms with E-state index in [0.717, 1.165) is 16.9 Å². The predicted octanol–water partition coefficient (Wildman–Crippen LogP) is 4.54. The first-order valence-electron chi connectivity index (χ1n) is 8.61. The quantitative estimate of drug-likeness (QED) is 0.804. The van der Waals surface area contributed by atoms with Crippen LogP contribution in [-0.4, -0.2) is 19.1 Å². The highest BCUT2D eigenvalue weighted by molar-refractivity contribution is 5.94. The summed E-state index contributed by atoms with van der Waals surface area (Å²) in [5.41, 5.74) is 2.61. The van der Waals surface area contributed by atoms with Gasteiger partial charge in [-0.3, -0.25) is 4.79 Å². The van der Waals surface area contributed by atoms with Crippen LogP contribution in [0.2, 0.25) is 0 Å². The fourth-order valence-electron chi connectivity index (χ4n) is 2.62. The average molecular weight is 341 g/mol. The maximum absolute atomic E-state index is 12.2. The van der Waals surface area contributed by atoms with Crippen LogP contribution in [0.15, 0.2) is 42.5 Å². The average Bonchev–Trinajstić information content (AvgIpc) is 2.59. The van der Waals surface area contributed by atoms with Crippen LogP contribution in [0.3, 0.4) is 0 Å². The Kier molecular flexibility index (Phi) is 6.45. The van der Waals surface area contributed by atoms with Crippen LogP contribution >= 0.6 is 0 Å². The minimum atomic E-state index is -0.0958. The normalized spacial score (nSPS) is 10.8. The SMILES string of the molecule is COc1ccc(C(=O)NC(C)C)cc1COc1ccccc1C(C)C. The number of nitrogens with one attached hydrogen (secondary N) is 1. The second-order valence-electron chi connectivity index (χ2n) is 6.64. The molecule has 1 N–H and O–H groups in total. The van der Waals surface area contributed by atoms with Crippen LogP contribution in [0.25, 0.3) is 0 Å². The highest BCUT2D eigenvalue weighted by Gasteiger charge is 2.13. The molecule has 0 aromatic heterocycles. The molecule has 0 aliphatic carbocycles. The van der Waals surface area contributed by atoms with Gasteiger partial charge in [0.2, 0.25) is 0 Å². The lowest BCUT2D eigenvalue weighted by Gasteiger charge is -2.16. The molecule has 0 spiro atoms. The van der Waals surface area contributed by atoms with Gasteiger partial charge in [-0.1, -0.05) is 32.0 Å². The second-order valence-corrected chi connectivity index (χ2v) is 6.64. The molecule has 4 heteroatoms. The zero-order chi connectivity index (χ0) is 18.4. The number of amides is 1. The topological polar surface area (TPSA) is 47.6 Å². The summed E-state index contributed by atoms with van der Waals surface area (Å²) in [6, 6.07) is 13.5. The lowest BCUT2D eigenvalue weighted by atomic mass is 10.0. The highest BCUT2D eigenvalue weighted by atomic mass is 16.5. The Morgan fingerprint density at radius 2 is 1.76 bits per heavy atom. The van der Waals surface area contributed by atoms with E-state index in [9.17, 15) is 4.79 Å². The summed E-state index contributed by atoms with van der Waals surface area (Å²) in [6.07, 6.45) is 0. The fraction of sp³-hybridized carbons (Fsp3) is 0.381. The van der Waals surface area contributed by atoms with Gasteiger partial charge in [-0.25, -0.2) is 0 Å². The molecule has 1 amide bonds. The van der Waals surface area contributed by atoms with E-state index in [1.54, 1.807) is 13.2 Å². The van der Waals surface area contributed by atoms with Crippen molar-refractivity contribution in [3.8, 4) is 11.5 Å². The van der Waals surface area contributed by atoms with E-state index in [0.29, 0.717) is 23.8 Å². The van der Waals surface area contributed by atoms with Crippen LogP contribution in [-0.2, 0) is 6.61 Å². The summed E-state index contributed by atoms with van der Waals surface area (Å²) in [7, 11) is 1.62. The molecule has 0 radical (unpaired) electrons. The van der Waals surface area contributed by atoms with Crippen molar-refractivity contribution in [2.45, 2.75) is 46.3 Å². The third-order valence-electron chi connectivity index (χ3n) is 3.89. The van der Waals surface area contributed by atoms with Gasteiger partial charge >= 0.3 is 0 Å². The fourth-order valence-corrected chi connectivity index (χ4v) is 2.62. The molecule has 0 saturated heterocycles. The Morgan fingerprint density at radius 3 is 2.40 bits per heavy atom. The summed E-state index contributed by atoms with van der Waals surface area (Å²) in [5.74, 6) is 1.85. The number of benzene rings is 2. The molecular formula is C21H27NO3. The summed E-state index contributed by atoms with van der Waals surface area (Å²) >= 11 is 0. The Labute approximate surface area is 150 Å². The Hall–Kier alpha value is -2.49. The van der Waals surface area contributed by atoms with Gasteiger partial charge in [0, 0.05) is 17.2 Å². The molecular weight excluding hydrogens is 314 g/mol. The predicted molar refractivity (Wildman–Crippen MR) is 100 cm³/mol. The summed E-state index contributed by atoms with van der Waals surface area (Å²) in [6.45, 7) is 8.50. The molecule has 25 heavy (non-hydrogen) atoms. The highest BCUT2D eigenvalue weighted by Crippen LogP contribution is 2.28. The largest absolute Gasteiger partial charge is 0.496 e. The molecule has 134 valence electrons. The van der Waals surface area contributed by atoms with Crippen LogP contribution in [0.4, 0.5) is 0 Å². The number of carbonyl (C=O) groups is 1. The first-order chi connectivity index (χ1) is 11.9. The van der Waals surface area contributed by atoms with Crippen LogP contribution in [0.1, 0.15) is 55.1 Å². The van der Waals surface area contributed by atoms with E-state index in [4.69, 9.17) is 9.47 Å². The van der Waals surface area contributed by atoms with Gasteiger partial charge in [-0.15, -0.1) is 0 Å². The number of hydrogen-bond donors (Lipinski definition) is 1. The number of rotatable bonds is 7. The molecule has 0 saturated carbocycles. The van der Waals surface area contributed by atoms with Crippen molar-refractivity contribution >= 4 is 5.91 Å². The van der Waals surface area contributed by atoms with Gasteiger partial charge in [0.1, 0.15) is 18.1 Å². The first kappa shape index (κ1) is 18.8.